The van der Waals surface area contributed by atoms with Gasteiger partial charge in [0.2, 0.25) is 0 Å². The third kappa shape index (κ3) is 3.99. The maximum Gasteiger partial charge on any atom is 0.175 e. The first-order valence-electron chi connectivity index (χ1n) is 6.57. The zero-order valence-corrected chi connectivity index (χ0v) is 13.8. The maximum atomic E-state index is 11.6. The molecule has 0 aliphatic carbocycles. The Hall–Kier alpha value is -1.52. The fourth-order valence-electron chi connectivity index (χ4n) is 2.11. The van der Waals surface area contributed by atoms with Crippen LogP contribution in [-0.4, -0.2) is 14.7 Å². The molecule has 112 valence electrons. The van der Waals surface area contributed by atoms with E-state index in [-0.39, 0.29) is 4.90 Å². The van der Waals surface area contributed by atoms with Crippen molar-refractivity contribution < 1.29 is 8.42 Å². The molecule has 0 unspecified atom stereocenters. The molecule has 1 N–H and O–H groups in total. The first kappa shape index (κ1) is 15.9. The van der Waals surface area contributed by atoms with Gasteiger partial charge in [-0.3, -0.25) is 0 Å². The van der Waals surface area contributed by atoms with Gasteiger partial charge in [0.05, 0.1) is 15.6 Å². The number of hydrogen-bond acceptors (Lipinski definition) is 3. The lowest BCUT2D eigenvalue weighted by Gasteiger charge is -2.12. The van der Waals surface area contributed by atoms with Crippen LogP contribution in [-0.2, 0) is 16.4 Å². The van der Waals surface area contributed by atoms with E-state index in [0.29, 0.717) is 17.3 Å². The molecule has 21 heavy (non-hydrogen) atoms. The van der Waals surface area contributed by atoms with Crippen LogP contribution in [0.4, 0.5) is 5.69 Å². The standard InChI is InChI=1S/C16H18ClNO2S/c1-11-4-5-13(12(2)8-11)10-18-16-9-14(21(3,19)20)6-7-15(16)17/h4-9,18H,10H2,1-3H3. The van der Waals surface area contributed by atoms with Crippen molar-refractivity contribution in [2.24, 2.45) is 0 Å². The molecule has 0 saturated heterocycles. The number of halogens is 1. The Kier molecular flexibility index (Phi) is 4.59. The van der Waals surface area contributed by atoms with Crippen LogP contribution in [0.15, 0.2) is 41.3 Å². The summed E-state index contributed by atoms with van der Waals surface area (Å²) in [6.07, 6.45) is 1.18. The number of rotatable bonds is 4. The van der Waals surface area contributed by atoms with E-state index in [2.05, 4.69) is 37.4 Å². The van der Waals surface area contributed by atoms with Crippen LogP contribution in [0.5, 0.6) is 0 Å². The molecule has 0 atom stereocenters. The van der Waals surface area contributed by atoms with E-state index in [1.165, 1.54) is 23.4 Å². The third-order valence-corrected chi connectivity index (χ3v) is 4.77. The Morgan fingerprint density at radius 3 is 2.43 bits per heavy atom. The summed E-state index contributed by atoms with van der Waals surface area (Å²) in [6, 6.07) is 10.9. The Morgan fingerprint density at radius 2 is 1.81 bits per heavy atom. The fraction of sp³-hybridized carbons (Fsp3) is 0.250. The lowest BCUT2D eigenvalue weighted by Crippen LogP contribution is -2.04. The number of hydrogen-bond donors (Lipinski definition) is 1. The van der Waals surface area contributed by atoms with Gasteiger partial charge in [0.1, 0.15) is 0 Å². The van der Waals surface area contributed by atoms with Gasteiger partial charge >= 0.3 is 0 Å². The SMILES string of the molecule is Cc1ccc(CNc2cc(S(C)(=O)=O)ccc2Cl)c(C)c1. The summed E-state index contributed by atoms with van der Waals surface area (Å²) < 4.78 is 23.2. The summed E-state index contributed by atoms with van der Waals surface area (Å²) in [5.74, 6) is 0. The van der Waals surface area contributed by atoms with Crippen LogP contribution in [0.1, 0.15) is 16.7 Å². The molecule has 2 rings (SSSR count). The monoisotopic (exact) mass is 323 g/mol. The molecule has 0 bridgehead atoms. The largest absolute Gasteiger partial charge is 0.380 e. The van der Waals surface area contributed by atoms with Crippen molar-refractivity contribution in [1.82, 2.24) is 0 Å². The zero-order chi connectivity index (χ0) is 15.6. The molecule has 3 nitrogen and oxygen atoms in total. The van der Waals surface area contributed by atoms with Crippen molar-refractivity contribution in [2.45, 2.75) is 25.3 Å². The van der Waals surface area contributed by atoms with Crippen molar-refractivity contribution in [1.29, 1.82) is 0 Å². The minimum absolute atomic E-state index is 0.259. The molecule has 5 heteroatoms. The second-order valence-corrected chi connectivity index (χ2v) is 7.62. The van der Waals surface area contributed by atoms with Crippen LogP contribution in [0, 0.1) is 13.8 Å². The lowest BCUT2D eigenvalue weighted by molar-refractivity contribution is 0.602. The topological polar surface area (TPSA) is 46.2 Å². The van der Waals surface area contributed by atoms with Gasteiger partial charge in [-0.15, -0.1) is 0 Å². The number of anilines is 1. The Balaban J connectivity index is 2.23. The van der Waals surface area contributed by atoms with Crippen molar-refractivity contribution in [3.05, 3.63) is 58.1 Å². The van der Waals surface area contributed by atoms with E-state index in [1.807, 2.05) is 0 Å². The van der Waals surface area contributed by atoms with Crippen molar-refractivity contribution >= 4 is 27.1 Å². The highest BCUT2D eigenvalue weighted by Gasteiger charge is 2.10. The summed E-state index contributed by atoms with van der Waals surface area (Å²) in [6.45, 7) is 4.70. The van der Waals surface area contributed by atoms with E-state index in [1.54, 1.807) is 12.1 Å². The fourth-order valence-corrected chi connectivity index (χ4v) is 2.94. The van der Waals surface area contributed by atoms with Gasteiger partial charge in [0, 0.05) is 12.8 Å². The molecule has 0 saturated carbocycles. The molecule has 0 aliphatic heterocycles. The summed E-state index contributed by atoms with van der Waals surface area (Å²) >= 11 is 6.12. The Labute approximate surface area is 130 Å². The molecule has 0 heterocycles. The van der Waals surface area contributed by atoms with Gasteiger partial charge in [0.25, 0.3) is 0 Å². The van der Waals surface area contributed by atoms with Crippen LogP contribution < -0.4 is 5.32 Å². The minimum Gasteiger partial charge on any atom is -0.380 e. The molecule has 0 fully saturated rings. The van der Waals surface area contributed by atoms with Gasteiger partial charge in [-0.2, -0.15) is 0 Å². The molecule has 0 aromatic heterocycles. The average molecular weight is 324 g/mol. The quantitative estimate of drug-likeness (QED) is 0.926. The first-order chi connectivity index (χ1) is 9.77. The molecule has 2 aromatic rings. The average Bonchev–Trinajstić information content (AvgIpc) is 2.38. The number of aryl methyl sites for hydroxylation is 2. The van der Waals surface area contributed by atoms with E-state index >= 15 is 0 Å². The summed E-state index contributed by atoms with van der Waals surface area (Å²) in [5, 5.41) is 3.71. The number of sulfone groups is 1. The first-order valence-corrected chi connectivity index (χ1v) is 8.84. The predicted octanol–water partition coefficient (Wildman–Crippen LogP) is 3.97. The van der Waals surface area contributed by atoms with Gasteiger partial charge in [-0.05, 0) is 43.2 Å². The summed E-state index contributed by atoms with van der Waals surface area (Å²) in [5.41, 5.74) is 4.19. The highest BCUT2D eigenvalue weighted by atomic mass is 35.5. The number of nitrogens with one attached hydrogen (secondary N) is 1. The number of benzene rings is 2. The second kappa shape index (κ2) is 6.08. The minimum atomic E-state index is -3.24. The highest BCUT2D eigenvalue weighted by Crippen LogP contribution is 2.26. The normalized spacial score (nSPS) is 11.4. The van der Waals surface area contributed by atoms with Gasteiger partial charge in [0.15, 0.2) is 9.84 Å². The molecule has 0 aliphatic rings. The van der Waals surface area contributed by atoms with E-state index < -0.39 is 9.84 Å². The Morgan fingerprint density at radius 1 is 1.10 bits per heavy atom. The van der Waals surface area contributed by atoms with Crippen molar-refractivity contribution in [2.75, 3.05) is 11.6 Å². The molecular formula is C16H18ClNO2S. The van der Waals surface area contributed by atoms with Gasteiger partial charge < -0.3 is 5.32 Å². The molecule has 0 radical (unpaired) electrons. The summed E-state index contributed by atoms with van der Waals surface area (Å²) in [7, 11) is -3.24. The lowest BCUT2D eigenvalue weighted by atomic mass is 10.1. The van der Waals surface area contributed by atoms with Crippen LogP contribution >= 0.6 is 11.6 Å². The van der Waals surface area contributed by atoms with Crippen molar-refractivity contribution in [3.63, 3.8) is 0 Å². The molecule has 0 spiro atoms. The van der Waals surface area contributed by atoms with E-state index in [9.17, 15) is 8.42 Å². The van der Waals surface area contributed by atoms with Crippen molar-refractivity contribution in [3.8, 4) is 0 Å². The third-order valence-electron chi connectivity index (χ3n) is 3.33. The highest BCUT2D eigenvalue weighted by molar-refractivity contribution is 7.90. The predicted molar refractivity (Wildman–Crippen MR) is 87.8 cm³/mol. The molecule has 2 aromatic carbocycles. The molecular weight excluding hydrogens is 306 g/mol. The van der Waals surface area contributed by atoms with Gasteiger partial charge in [-0.1, -0.05) is 35.4 Å². The second-order valence-electron chi connectivity index (χ2n) is 5.20. The summed E-state index contributed by atoms with van der Waals surface area (Å²) in [4.78, 5) is 0.259. The zero-order valence-electron chi connectivity index (χ0n) is 12.3. The van der Waals surface area contributed by atoms with E-state index in [0.717, 1.165) is 5.56 Å². The smallest absolute Gasteiger partial charge is 0.175 e. The van der Waals surface area contributed by atoms with E-state index in [4.69, 9.17) is 11.6 Å². The van der Waals surface area contributed by atoms with Crippen LogP contribution in [0.3, 0.4) is 0 Å². The van der Waals surface area contributed by atoms with Crippen LogP contribution in [0.25, 0.3) is 0 Å². The molecule has 0 amide bonds. The van der Waals surface area contributed by atoms with Crippen LogP contribution in [0.2, 0.25) is 5.02 Å². The Bertz CT molecular complexity index is 770. The maximum absolute atomic E-state index is 11.6. The van der Waals surface area contributed by atoms with Gasteiger partial charge in [-0.25, -0.2) is 8.42 Å².